The third-order valence-corrected chi connectivity index (χ3v) is 5.03. The van der Waals surface area contributed by atoms with Gasteiger partial charge in [-0.3, -0.25) is 4.90 Å². The molecule has 1 aliphatic heterocycles. The number of piperidine rings is 1. The first-order valence-electron chi connectivity index (χ1n) is 7.92. The van der Waals surface area contributed by atoms with E-state index < -0.39 is 0 Å². The third kappa shape index (κ3) is 3.82. The van der Waals surface area contributed by atoms with Crippen molar-refractivity contribution in [2.75, 3.05) is 7.05 Å². The summed E-state index contributed by atoms with van der Waals surface area (Å²) in [5.41, 5.74) is 8.20. The van der Waals surface area contributed by atoms with Gasteiger partial charge in [0.25, 0.3) is 0 Å². The second-order valence-corrected chi connectivity index (χ2v) is 7.31. The van der Waals surface area contributed by atoms with E-state index in [1.165, 1.54) is 37.7 Å². The highest BCUT2D eigenvalue weighted by atomic mass is 15.3. The fraction of sp³-hybridized carbons (Fsp3) is 0.882. The van der Waals surface area contributed by atoms with Crippen LogP contribution in [0.2, 0.25) is 0 Å². The van der Waals surface area contributed by atoms with Crippen LogP contribution < -0.4 is 5.73 Å². The molecule has 112 valence electrons. The highest BCUT2D eigenvalue weighted by Gasteiger charge is 2.45. The molecule has 2 N–H and O–H groups in total. The van der Waals surface area contributed by atoms with Crippen LogP contribution in [-0.2, 0) is 0 Å². The Morgan fingerprint density at radius 3 is 2.42 bits per heavy atom. The van der Waals surface area contributed by atoms with E-state index >= 15 is 0 Å². The first kappa shape index (κ1) is 16.7. The maximum atomic E-state index is 6.50. The second-order valence-electron chi connectivity index (χ2n) is 7.31. The monoisotopic (exact) mass is 266 g/mol. The first-order valence-corrected chi connectivity index (χ1v) is 7.92. The molecule has 19 heavy (non-hydrogen) atoms. The maximum absolute atomic E-state index is 6.50. The molecule has 1 aliphatic rings. The standard InChI is InChI=1S/C17H34N2/c1-7-8-9-10-11-12-14-13-16(2,3)19(6)17(4,5)15(14)18/h12,15H,7-11,13,18H2,1-6H3. The molecule has 1 fully saturated rings. The number of hydrogen-bond acceptors (Lipinski definition) is 2. The van der Waals surface area contributed by atoms with Crippen LogP contribution in [-0.4, -0.2) is 29.1 Å². The lowest BCUT2D eigenvalue weighted by Crippen LogP contribution is -2.66. The molecular weight excluding hydrogens is 232 g/mol. The summed E-state index contributed by atoms with van der Waals surface area (Å²) in [6.07, 6.45) is 10.0. The van der Waals surface area contributed by atoms with E-state index in [-0.39, 0.29) is 17.1 Å². The molecule has 0 bridgehead atoms. The summed E-state index contributed by atoms with van der Waals surface area (Å²) in [6, 6.07) is 0.164. The minimum Gasteiger partial charge on any atom is -0.323 e. The number of likely N-dealkylation sites (tertiary alicyclic amines) is 1. The van der Waals surface area contributed by atoms with Crippen LogP contribution in [0.15, 0.2) is 11.6 Å². The van der Waals surface area contributed by atoms with Gasteiger partial charge in [-0.05, 0) is 54.0 Å². The van der Waals surface area contributed by atoms with Crippen molar-refractivity contribution in [3.8, 4) is 0 Å². The molecule has 0 aromatic carbocycles. The SMILES string of the molecule is CCCCCCC=C1CC(C)(C)N(C)C(C)(C)C1N. The molecule has 0 aromatic rings. The van der Waals surface area contributed by atoms with Crippen molar-refractivity contribution in [1.29, 1.82) is 0 Å². The molecule has 0 saturated carbocycles. The minimum atomic E-state index is 0.0387. The third-order valence-electron chi connectivity index (χ3n) is 5.03. The van der Waals surface area contributed by atoms with E-state index in [9.17, 15) is 0 Å². The summed E-state index contributed by atoms with van der Waals surface area (Å²) in [4.78, 5) is 2.44. The molecule has 0 spiro atoms. The molecule has 1 unspecified atom stereocenters. The van der Waals surface area contributed by atoms with Gasteiger partial charge >= 0.3 is 0 Å². The van der Waals surface area contributed by atoms with Crippen molar-refractivity contribution in [2.24, 2.45) is 5.73 Å². The summed E-state index contributed by atoms with van der Waals surface area (Å²) < 4.78 is 0. The van der Waals surface area contributed by atoms with Gasteiger partial charge in [-0.15, -0.1) is 0 Å². The van der Waals surface area contributed by atoms with Gasteiger partial charge in [-0.2, -0.15) is 0 Å². The van der Waals surface area contributed by atoms with E-state index in [0.29, 0.717) is 0 Å². The van der Waals surface area contributed by atoms with E-state index in [1.807, 2.05) is 0 Å². The Kier molecular flexibility index (Phi) is 5.64. The zero-order valence-corrected chi connectivity index (χ0v) is 13.9. The van der Waals surface area contributed by atoms with Crippen LogP contribution >= 0.6 is 0 Å². The van der Waals surface area contributed by atoms with E-state index in [4.69, 9.17) is 5.73 Å². The van der Waals surface area contributed by atoms with Crippen molar-refractivity contribution in [1.82, 2.24) is 4.90 Å². The average Bonchev–Trinajstić information content (AvgIpc) is 2.33. The molecule has 2 nitrogen and oxygen atoms in total. The van der Waals surface area contributed by atoms with Crippen LogP contribution in [0.4, 0.5) is 0 Å². The number of unbranched alkanes of at least 4 members (excludes halogenated alkanes) is 4. The van der Waals surface area contributed by atoms with Gasteiger partial charge in [-0.1, -0.05) is 37.8 Å². The zero-order valence-electron chi connectivity index (χ0n) is 13.9. The molecule has 0 amide bonds. The second kappa shape index (κ2) is 6.41. The lowest BCUT2D eigenvalue weighted by atomic mass is 9.74. The van der Waals surface area contributed by atoms with Crippen LogP contribution in [0.3, 0.4) is 0 Å². The number of allylic oxidation sites excluding steroid dienone is 1. The normalized spacial score (nSPS) is 28.8. The molecule has 1 atom stereocenters. The summed E-state index contributed by atoms with van der Waals surface area (Å²) in [5, 5.41) is 0. The van der Waals surface area contributed by atoms with E-state index in [2.05, 4.69) is 52.6 Å². The molecule has 0 radical (unpaired) electrons. The van der Waals surface area contributed by atoms with Gasteiger partial charge in [0.05, 0.1) is 0 Å². The highest BCUT2D eigenvalue weighted by molar-refractivity contribution is 5.24. The molecule has 0 aromatic heterocycles. The fourth-order valence-corrected chi connectivity index (χ4v) is 3.23. The number of rotatable bonds is 5. The van der Waals surface area contributed by atoms with Crippen LogP contribution in [0.5, 0.6) is 0 Å². The van der Waals surface area contributed by atoms with Gasteiger partial charge in [0.2, 0.25) is 0 Å². The van der Waals surface area contributed by atoms with Crippen LogP contribution in [0.25, 0.3) is 0 Å². The molecule has 1 heterocycles. The predicted molar refractivity (Wildman–Crippen MR) is 85.4 cm³/mol. The van der Waals surface area contributed by atoms with Crippen LogP contribution in [0.1, 0.15) is 73.1 Å². The largest absolute Gasteiger partial charge is 0.323 e. The summed E-state index contributed by atoms with van der Waals surface area (Å²) in [7, 11) is 2.21. The smallest absolute Gasteiger partial charge is 0.0436 e. The van der Waals surface area contributed by atoms with Gasteiger partial charge < -0.3 is 5.73 Å². The molecule has 1 saturated heterocycles. The summed E-state index contributed by atoms with van der Waals surface area (Å²) in [5.74, 6) is 0. The van der Waals surface area contributed by atoms with Gasteiger partial charge in [0.15, 0.2) is 0 Å². The average molecular weight is 266 g/mol. The molecule has 2 heteroatoms. The van der Waals surface area contributed by atoms with E-state index in [0.717, 1.165) is 6.42 Å². The van der Waals surface area contributed by atoms with Crippen molar-refractivity contribution >= 4 is 0 Å². The number of likely N-dealkylation sites (N-methyl/N-ethyl adjacent to an activating group) is 1. The van der Waals surface area contributed by atoms with Crippen molar-refractivity contribution in [2.45, 2.75) is 90.3 Å². The Balaban J connectivity index is 2.70. The van der Waals surface area contributed by atoms with Crippen molar-refractivity contribution < 1.29 is 0 Å². The Bertz CT molecular complexity index is 315. The molecule has 0 aliphatic carbocycles. The van der Waals surface area contributed by atoms with Crippen molar-refractivity contribution in [3.63, 3.8) is 0 Å². The zero-order chi connectivity index (χ0) is 14.7. The topological polar surface area (TPSA) is 29.3 Å². The molecular formula is C17H34N2. The van der Waals surface area contributed by atoms with Crippen molar-refractivity contribution in [3.05, 3.63) is 11.6 Å². The quantitative estimate of drug-likeness (QED) is 0.599. The number of nitrogens with zero attached hydrogens (tertiary/aromatic N) is 1. The number of hydrogen-bond donors (Lipinski definition) is 1. The Hall–Kier alpha value is -0.340. The number of nitrogens with two attached hydrogens (primary N) is 1. The van der Waals surface area contributed by atoms with Gasteiger partial charge in [0.1, 0.15) is 0 Å². The Labute approximate surface area is 120 Å². The maximum Gasteiger partial charge on any atom is 0.0436 e. The summed E-state index contributed by atoms with van der Waals surface area (Å²) in [6.45, 7) is 11.4. The van der Waals surface area contributed by atoms with Crippen LogP contribution in [0, 0.1) is 0 Å². The Morgan fingerprint density at radius 2 is 1.84 bits per heavy atom. The first-order chi connectivity index (χ1) is 8.73. The Morgan fingerprint density at radius 1 is 1.21 bits per heavy atom. The predicted octanol–water partition coefficient (Wildman–Crippen LogP) is 4.10. The molecule has 1 rings (SSSR count). The summed E-state index contributed by atoms with van der Waals surface area (Å²) >= 11 is 0. The van der Waals surface area contributed by atoms with Gasteiger partial charge in [0, 0.05) is 17.1 Å². The highest BCUT2D eigenvalue weighted by Crippen LogP contribution is 2.39. The fourth-order valence-electron chi connectivity index (χ4n) is 3.23. The lowest BCUT2D eigenvalue weighted by Gasteiger charge is -2.55. The lowest BCUT2D eigenvalue weighted by molar-refractivity contribution is 0.00837. The van der Waals surface area contributed by atoms with E-state index in [1.54, 1.807) is 0 Å². The minimum absolute atomic E-state index is 0.0387. The van der Waals surface area contributed by atoms with Gasteiger partial charge in [-0.25, -0.2) is 0 Å².